The fourth-order valence-corrected chi connectivity index (χ4v) is 1.84. The van der Waals surface area contributed by atoms with Crippen LogP contribution in [0.4, 0.5) is 0 Å². The Labute approximate surface area is 88.8 Å². The first-order valence-electron chi connectivity index (χ1n) is 5.13. The van der Waals surface area contributed by atoms with E-state index in [4.69, 9.17) is 4.74 Å². The summed E-state index contributed by atoms with van der Waals surface area (Å²) < 4.78 is 5.12. The third-order valence-electron chi connectivity index (χ3n) is 3.06. The monoisotopic (exact) mass is 212 g/mol. The highest BCUT2D eigenvalue weighted by molar-refractivity contribution is 6.05. The molecule has 2 rings (SSSR count). The van der Waals surface area contributed by atoms with Crippen molar-refractivity contribution in [3.8, 4) is 0 Å². The number of amides is 2. The van der Waals surface area contributed by atoms with Gasteiger partial charge in [-0.3, -0.25) is 14.5 Å². The number of likely N-dealkylation sites (tertiary alicyclic amines) is 1. The third kappa shape index (κ3) is 1.89. The van der Waals surface area contributed by atoms with Crippen LogP contribution in [-0.4, -0.2) is 49.6 Å². The Kier molecular flexibility index (Phi) is 2.52. The molecule has 5 nitrogen and oxygen atoms in total. The minimum atomic E-state index is -0.333. The van der Waals surface area contributed by atoms with Crippen molar-refractivity contribution in [3.05, 3.63) is 0 Å². The lowest BCUT2D eigenvalue weighted by Crippen LogP contribution is -2.50. The number of ether oxygens (including phenoxy) is 1. The highest BCUT2D eigenvalue weighted by Crippen LogP contribution is 2.25. The summed E-state index contributed by atoms with van der Waals surface area (Å²) in [5.74, 6) is -0.226. The van der Waals surface area contributed by atoms with Crippen molar-refractivity contribution < 1.29 is 14.3 Å². The molecule has 2 aliphatic heterocycles. The Morgan fingerprint density at radius 2 is 2.20 bits per heavy atom. The molecule has 2 amide bonds. The normalized spacial score (nSPS) is 29.5. The van der Waals surface area contributed by atoms with Crippen LogP contribution >= 0.6 is 0 Å². The van der Waals surface area contributed by atoms with Crippen molar-refractivity contribution in [1.29, 1.82) is 0 Å². The molecule has 15 heavy (non-hydrogen) atoms. The van der Waals surface area contributed by atoms with E-state index in [0.717, 1.165) is 19.8 Å². The fraction of sp³-hybridized carbons (Fsp3) is 0.800. The molecule has 0 bridgehead atoms. The topological polar surface area (TPSA) is 58.6 Å². The Morgan fingerprint density at radius 3 is 2.60 bits per heavy atom. The summed E-state index contributed by atoms with van der Waals surface area (Å²) in [6.45, 7) is 4.29. The van der Waals surface area contributed by atoms with Crippen molar-refractivity contribution >= 4 is 11.8 Å². The van der Waals surface area contributed by atoms with Crippen LogP contribution < -0.4 is 5.32 Å². The predicted octanol–water partition coefficient (Wildman–Crippen LogP) is -0.630. The summed E-state index contributed by atoms with van der Waals surface area (Å²) in [5.41, 5.74) is 0.129. The number of nitrogens with one attached hydrogen (secondary N) is 1. The smallest absolute Gasteiger partial charge is 0.246 e. The highest BCUT2D eigenvalue weighted by atomic mass is 16.5. The number of nitrogens with zero attached hydrogens (tertiary/aromatic N) is 1. The van der Waals surface area contributed by atoms with Crippen LogP contribution in [0.25, 0.3) is 0 Å². The maximum Gasteiger partial charge on any atom is 0.246 e. The van der Waals surface area contributed by atoms with Gasteiger partial charge in [-0.1, -0.05) is 6.92 Å². The second-order valence-electron chi connectivity index (χ2n) is 4.73. The average molecular weight is 212 g/mol. The van der Waals surface area contributed by atoms with E-state index in [-0.39, 0.29) is 29.7 Å². The number of likely N-dealkylation sites (N-methyl/N-ethyl adjacent to an activating group) is 1. The largest absolute Gasteiger partial charge is 0.380 e. The van der Waals surface area contributed by atoms with Crippen LogP contribution in [0.5, 0.6) is 0 Å². The van der Waals surface area contributed by atoms with Gasteiger partial charge in [0.25, 0.3) is 0 Å². The number of rotatable bonds is 3. The van der Waals surface area contributed by atoms with Crippen LogP contribution in [0, 0.1) is 5.41 Å². The average Bonchev–Trinajstić information content (AvgIpc) is 2.40. The second-order valence-corrected chi connectivity index (χ2v) is 4.73. The Bertz CT molecular complexity index is 299. The molecule has 0 saturated carbocycles. The molecule has 0 spiro atoms. The van der Waals surface area contributed by atoms with E-state index in [1.165, 1.54) is 11.9 Å². The van der Waals surface area contributed by atoms with Crippen molar-refractivity contribution in [2.75, 3.05) is 26.8 Å². The van der Waals surface area contributed by atoms with Crippen molar-refractivity contribution in [2.24, 2.45) is 5.41 Å². The zero-order valence-electron chi connectivity index (χ0n) is 9.08. The molecular formula is C10H16N2O3. The minimum Gasteiger partial charge on any atom is -0.380 e. The quantitative estimate of drug-likeness (QED) is 0.633. The van der Waals surface area contributed by atoms with Gasteiger partial charge in [0.1, 0.15) is 0 Å². The SMILES string of the molecule is CN1C(=O)CC(NCC2(C)COC2)C1=O. The van der Waals surface area contributed by atoms with E-state index < -0.39 is 0 Å². The number of carbonyl (C=O) groups excluding carboxylic acids is 2. The predicted molar refractivity (Wildman–Crippen MR) is 53.1 cm³/mol. The van der Waals surface area contributed by atoms with Crippen molar-refractivity contribution in [2.45, 2.75) is 19.4 Å². The molecule has 2 heterocycles. The first-order valence-corrected chi connectivity index (χ1v) is 5.13. The molecule has 0 aromatic rings. The Morgan fingerprint density at radius 1 is 1.53 bits per heavy atom. The van der Waals surface area contributed by atoms with E-state index in [2.05, 4.69) is 12.2 Å². The number of hydrogen-bond acceptors (Lipinski definition) is 4. The number of imide groups is 1. The first kappa shape index (κ1) is 10.6. The van der Waals surface area contributed by atoms with Crippen LogP contribution in [-0.2, 0) is 14.3 Å². The molecule has 2 fully saturated rings. The van der Waals surface area contributed by atoms with Gasteiger partial charge in [0, 0.05) is 19.0 Å². The summed E-state index contributed by atoms with van der Waals surface area (Å²) in [6.07, 6.45) is 0.284. The van der Waals surface area contributed by atoms with E-state index in [0.29, 0.717) is 0 Å². The standard InChI is InChI=1S/C10H16N2O3/c1-10(5-15-6-10)4-11-7-3-8(13)12(2)9(7)14/h7,11H,3-6H2,1-2H3. The highest BCUT2D eigenvalue weighted by Gasteiger charge is 2.39. The summed E-state index contributed by atoms with van der Waals surface area (Å²) in [4.78, 5) is 24.0. The molecular weight excluding hydrogens is 196 g/mol. The van der Waals surface area contributed by atoms with Gasteiger partial charge in [-0.15, -0.1) is 0 Å². The third-order valence-corrected chi connectivity index (χ3v) is 3.06. The maximum atomic E-state index is 11.6. The van der Waals surface area contributed by atoms with Gasteiger partial charge in [0.2, 0.25) is 11.8 Å². The second kappa shape index (κ2) is 3.57. The van der Waals surface area contributed by atoms with Crippen LogP contribution in [0.1, 0.15) is 13.3 Å². The minimum absolute atomic E-state index is 0.104. The molecule has 5 heteroatoms. The summed E-state index contributed by atoms with van der Waals surface area (Å²) in [7, 11) is 1.53. The molecule has 84 valence electrons. The van der Waals surface area contributed by atoms with Crippen molar-refractivity contribution in [3.63, 3.8) is 0 Å². The molecule has 1 atom stereocenters. The molecule has 1 N–H and O–H groups in total. The van der Waals surface area contributed by atoms with Gasteiger partial charge in [0.15, 0.2) is 0 Å². The summed E-state index contributed by atoms with van der Waals surface area (Å²) in [6, 6.07) is -0.333. The van der Waals surface area contributed by atoms with E-state index in [1.54, 1.807) is 0 Å². The lowest BCUT2D eigenvalue weighted by molar-refractivity contribution is -0.137. The first-order chi connectivity index (χ1) is 7.02. The summed E-state index contributed by atoms with van der Waals surface area (Å²) in [5, 5.41) is 3.14. The maximum absolute atomic E-state index is 11.6. The van der Waals surface area contributed by atoms with E-state index in [1.807, 2.05) is 0 Å². The molecule has 2 saturated heterocycles. The number of carbonyl (C=O) groups is 2. The van der Waals surface area contributed by atoms with Gasteiger partial charge in [-0.25, -0.2) is 0 Å². The Balaban J connectivity index is 1.85. The molecule has 1 unspecified atom stereocenters. The van der Waals surface area contributed by atoms with E-state index >= 15 is 0 Å². The lowest BCUT2D eigenvalue weighted by atomic mass is 9.88. The molecule has 2 aliphatic rings. The van der Waals surface area contributed by atoms with Gasteiger partial charge < -0.3 is 10.1 Å². The van der Waals surface area contributed by atoms with Crippen LogP contribution in [0.3, 0.4) is 0 Å². The zero-order chi connectivity index (χ0) is 11.1. The van der Waals surface area contributed by atoms with Crippen LogP contribution in [0.2, 0.25) is 0 Å². The van der Waals surface area contributed by atoms with Crippen molar-refractivity contribution in [1.82, 2.24) is 10.2 Å². The van der Waals surface area contributed by atoms with E-state index in [9.17, 15) is 9.59 Å². The summed E-state index contributed by atoms with van der Waals surface area (Å²) >= 11 is 0. The fourth-order valence-electron chi connectivity index (χ4n) is 1.84. The van der Waals surface area contributed by atoms with Gasteiger partial charge in [0.05, 0.1) is 25.7 Å². The van der Waals surface area contributed by atoms with Crippen LogP contribution in [0.15, 0.2) is 0 Å². The van der Waals surface area contributed by atoms with Gasteiger partial charge >= 0.3 is 0 Å². The van der Waals surface area contributed by atoms with Gasteiger partial charge in [-0.2, -0.15) is 0 Å². The lowest BCUT2D eigenvalue weighted by Gasteiger charge is -2.38. The molecule has 0 radical (unpaired) electrons. The molecule has 0 aromatic heterocycles. The Hall–Kier alpha value is -0.940. The van der Waals surface area contributed by atoms with Gasteiger partial charge in [-0.05, 0) is 0 Å². The zero-order valence-corrected chi connectivity index (χ0v) is 9.08. The molecule has 0 aromatic carbocycles. The molecule has 0 aliphatic carbocycles. The number of hydrogen-bond donors (Lipinski definition) is 1.